The van der Waals surface area contributed by atoms with Gasteiger partial charge in [0.25, 0.3) is 0 Å². The van der Waals surface area contributed by atoms with Crippen molar-refractivity contribution >= 4 is 38.8 Å². The first-order valence-electron chi connectivity index (χ1n) is 6.09. The summed E-state index contributed by atoms with van der Waals surface area (Å²) in [5.41, 5.74) is 0.933. The Kier molecular flexibility index (Phi) is 5.04. The highest BCUT2D eigenvalue weighted by atomic mass is 35.5. The molecule has 0 fully saturated rings. The van der Waals surface area contributed by atoms with Crippen molar-refractivity contribution in [3.63, 3.8) is 0 Å². The molecule has 2 aromatic rings. The van der Waals surface area contributed by atoms with Gasteiger partial charge in [0, 0.05) is 15.6 Å². The summed E-state index contributed by atoms with van der Waals surface area (Å²) in [4.78, 5) is 12.0. The molecule has 0 N–H and O–H groups in total. The Hall–Kier alpha value is -1.36. The van der Waals surface area contributed by atoms with E-state index in [-0.39, 0.29) is 5.75 Å². The zero-order chi connectivity index (χ0) is 15.5. The Morgan fingerprint density at radius 2 is 1.33 bits per heavy atom. The predicted octanol–water partition coefficient (Wildman–Crippen LogP) is 3.79. The van der Waals surface area contributed by atoms with Crippen LogP contribution in [0.15, 0.2) is 48.5 Å². The highest BCUT2D eigenvalue weighted by Crippen LogP contribution is 2.14. The van der Waals surface area contributed by atoms with Gasteiger partial charge >= 0.3 is 0 Å². The van der Waals surface area contributed by atoms with E-state index in [0.29, 0.717) is 21.2 Å². The van der Waals surface area contributed by atoms with Gasteiger partial charge in [0.05, 0.1) is 5.75 Å². The summed E-state index contributed by atoms with van der Waals surface area (Å²) in [7, 11) is -3.53. The Labute approximate surface area is 133 Å². The van der Waals surface area contributed by atoms with Crippen LogP contribution in [0.3, 0.4) is 0 Å². The first-order chi connectivity index (χ1) is 9.85. The number of sulfone groups is 1. The van der Waals surface area contributed by atoms with E-state index < -0.39 is 21.4 Å². The molecule has 0 aliphatic rings. The molecule has 0 heterocycles. The monoisotopic (exact) mass is 342 g/mol. The molecule has 110 valence electrons. The fourth-order valence-corrected chi connectivity index (χ4v) is 3.42. The zero-order valence-electron chi connectivity index (χ0n) is 10.9. The van der Waals surface area contributed by atoms with Gasteiger partial charge in [-0.05, 0) is 42.0 Å². The van der Waals surface area contributed by atoms with Gasteiger partial charge in [-0.15, -0.1) is 0 Å². The molecule has 0 radical (unpaired) electrons. The summed E-state index contributed by atoms with van der Waals surface area (Å²) in [5, 5.41) is 1.03. The normalized spacial score (nSPS) is 11.3. The number of benzene rings is 2. The third kappa shape index (κ3) is 4.84. The number of carbonyl (C=O) groups is 1. The lowest BCUT2D eigenvalue weighted by Crippen LogP contribution is -2.17. The van der Waals surface area contributed by atoms with Crippen molar-refractivity contribution in [1.29, 1.82) is 0 Å². The van der Waals surface area contributed by atoms with E-state index in [4.69, 9.17) is 23.2 Å². The minimum atomic E-state index is -3.53. The van der Waals surface area contributed by atoms with Gasteiger partial charge < -0.3 is 0 Å². The lowest BCUT2D eigenvalue weighted by Gasteiger charge is -2.05. The lowest BCUT2D eigenvalue weighted by atomic mass is 10.1. The third-order valence-electron chi connectivity index (χ3n) is 2.82. The van der Waals surface area contributed by atoms with Crippen molar-refractivity contribution in [3.05, 3.63) is 69.7 Å². The van der Waals surface area contributed by atoms with E-state index in [9.17, 15) is 13.2 Å². The number of hydrogen-bond acceptors (Lipinski definition) is 3. The van der Waals surface area contributed by atoms with Gasteiger partial charge in [0.1, 0.15) is 5.75 Å². The van der Waals surface area contributed by atoms with Crippen molar-refractivity contribution < 1.29 is 13.2 Å². The SMILES string of the molecule is O=C(CS(=O)(=O)Cc1ccc(Cl)cc1)c1ccc(Cl)cc1. The van der Waals surface area contributed by atoms with Crippen LogP contribution in [0.4, 0.5) is 0 Å². The van der Waals surface area contributed by atoms with Crippen LogP contribution in [0, 0.1) is 0 Å². The van der Waals surface area contributed by atoms with Crippen LogP contribution in [0.2, 0.25) is 10.0 Å². The molecular formula is C15H12Cl2O3S. The molecule has 6 heteroatoms. The number of carbonyl (C=O) groups excluding carboxylic acids is 1. The van der Waals surface area contributed by atoms with Crippen LogP contribution >= 0.6 is 23.2 Å². The maximum Gasteiger partial charge on any atom is 0.177 e. The fraction of sp³-hybridized carbons (Fsp3) is 0.133. The van der Waals surface area contributed by atoms with E-state index in [1.54, 1.807) is 36.4 Å². The summed E-state index contributed by atoms with van der Waals surface area (Å²) in [5.74, 6) is -1.17. The van der Waals surface area contributed by atoms with Crippen LogP contribution in [0.25, 0.3) is 0 Å². The lowest BCUT2D eigenvalue weighted by molar-refractivity contribution is 0.102. The van der Waals surface area contributed by atoms with Crippen LogP contribution in [-0.2, 0) is 15.6 Å². The summed E-state index contributed by atoms with van der Waals surface area (Å²) >= 11 is 11.5. The highest BCUT2D eigenvalue weighted by Gasteiger charge is 2.18. The predicted molar refractivity (Wildman–Crippen MR) is 84.7 cm³/mol. The van der Waals surface area contributed by atoms with Gasteiger partial charge in [-0.2, -0.15) is 0 Å². The Bertz CT molecular complexity index is 735. The first-order valence-corrected chi connectivity index (χ1v) is 8.67. The molecule has 2 aromatic carbocycles. The Morgan fingerprint density at radius 3 is 1.86 bits per heavy atom. The molecule has 3 nitrogen and oxygen atoms in total. The van der Waals surface area contributed by atoms with Gasteiger partial charge in [0.2, 0.25) is 0 Å². The molecular weight excluding hydrogens is 331 g/mol. The van der Waals surface area contributed by atoms with E-state index in [2.05, 4.69) is 0 Å². The molecule has 0 atom stereocenters. The van der Waals surface area contributed by atoms with Crippen LogP contribution < -0.4 is 0 Å². The first kappa shape index (κ1) is 16.0. The smallest absolute Gasteiger partial charge is 0.177 e. The minimum absolute atomic E-state index is 0.191. The van der Waals surface area contributed by atoms with Crippen LogP contribution in [0.5, 0.6) is 0 Å². The summed E-state index contributed by atoms with van der Waals surface area (Å²) < 4.78 is 24.1. The van der Waals surface area contributed by atoms with Crippen molar-refractivity contribution in [2.75, 3.05) is 5.75 Å². The largest absolute Gasteiger partial charge is 0.293 e. The molecule has 0 aliphatic carbocycles. The second kappa shape index (κ2) is 6.60. The Morgan fingerprint density at radius 1 is 0.857 bits per heavy atom. The average molecular weight is 343 g/mol. The van der Waals surface area contributed by atoms with Crippen molar-refractivity contribution in [1.82, 2.24) is 0 Å². The summed E-state index contributed by atoms with van der Waals surface area (Å²) in [6.45, 7) is 0. The van der Waals surface area contributed by atoms with Gasteiger partial charge in [-0.1, -0.05) is 35.3 Å². The molecule has 21 heavy (non-hydrogen) atoms. The Balaban J connectivity index is 2.08. The van der Waals surface area contributed by atoms with E-state index in [0.717, 1.165) is 0 Å². The van der Waals surface area contributed by atoms with Gasteiger partial charge in [-0.25, -0.2) is 8.42 Å². The van der Waals surface area contributed by atoms with Crippen molar-refractivity contribution in [2.24, 2.45) is 0 Å². The molecule has 0 aromatic heterocycles. The number of hydrogen-bond donors (Lipinski definition) is 0. The van der Waals surface area contributed by atoms with Crippen molar-refractivity contribution in [3.8, 4) is 0 Å². The number of Topliss-reactive ketones (excluding diaryl/α,β-unsaturated/α-hetero) is 1. The molecule has 2 rings (SSSR count). The maximum absolute atomic E-state index is 12.1. The molecule has 0 unspecified atom stereocenters. The molecule has 0 amide bonds. The van der Waals surface area contributed by atoms with E-state index in [1.165, 1.54) is 12.1 Å². The number of halogens is 2. The average Bonchev–Trinajstić information content (AvgIpc) is 2.41. The van der Waals surface area contributed by atoms with Crippen molar-refractivity contribution in [2.45, 2.75) is 5.75 Å². The van der Waals surface area contributed by atoms with Gasteiger partial charge in [0.15, 0.2) is 15.6 Å². The number of ketones is 1. The quantitative estimate of drug-likeness (QED) is 0.776. The summed E-state index contributed by atoms with van der Waals surface area (Å²) in [6.07, 6.45) is 0. The molecule has 0 saturated carbocycles. The minimum Gasteiger partial charge on any atom is -0.293 e. The molecule has 0 saturated heterocycles. The second-order valence-electron chi connectivity index (χ2n) is 4.59. The second-order valence-corrected chi connectivity index (χ2v) is 7.53. The molecule has 0 bridgehead atoms. The van der Waals surface area contributed by atoms with Gasteiger partial charge in [-0.3, -0.25) is 4.79 Å². The van der Waals surface area contributed by atoms with Crippen LogP contribution in [0.1, 0.15) is 15.9 Å². The van der Waals surface area contributed by atoms with E-state index in [1.807, 2.05) is 0 Å². The van der Waals surface area contributed by atoms with E-state index >= 15 is 0 Å². The zero-order valence-corrected chi connectivity index (χ0v) is 13.3. The third-order valence-corrected chi connectivity index (χ3v) is 4.80. The van der Waals surface area contributed by atoms with Crippen LogP contribution in [-0.4, -0.2) is 20.0 Å². The summed E-state index contributed by atoms with van der Waals surface area (Å²) in [6, 6.07) is 12.6. The molecule has 0 aliphatic heterocycles. The molecule has 0 spiro atoms. The topological polar surface area (TPSA) is 51.2 Å². The maximum atomic E-state index is 12.1. The fourth-order valence-electron chi connectivity index (χ4n) is 1.80. The number of rotatable bonds is 5. The standard InChI is InChI=1S/C15H12Cl2O3S/c16-13-5-1-11(2-6-13)9-21(19,20)10-15(18)12-3-7-14(17)8-4-12/h1-8H,9-10H2. The highest BCUT2D eigenvalue weighted by molar-refractivity contribution is 7.91.